The van der Waals surface area contributed by atoms with Gasteiger partial charge in [0.05, 0.1) is 0 Å². The van der Waals surface area contributed by atoms with Crippen LogP contribution in [0.5, 0.6) is 0 Å². The molecule has 0 heterocycles. The van der Waals surface area contributed by atoms with E-state index < -0.39 is 17.0 Å². The quantitative estimate of drug-likeness (QED) is 0.289. The van der Waals surface area contributed by atoms with Crippen molar-refractivity contribution >= 4 is 28.1 Å². The van der Waals surface area contributed by atoms with E-state index in [4.69, 9.17) is 18.6 Å². The summed E-state index contributed by atoms with van der Waals surface area (Å²) < 4.78 is 0. The van der Waals surface area contributed by atoms with Crippen LogP contribution in [0.15, 0.2) is 36.4 Å². The van der Waals surface area contributed by atoms with E-state index in [1.807, 2.05) is 0 Å². The van der Waals surface area contributed by atoms with Crippen LogP contribution in [0.25, 0.3) is 0 Å². The first-order valence-electron chi connectivity index (χ1n) is 10.5. The molecule has 161 valence electrons. The van der Waals surface area contributed by atoms with Gasteiger partial charge in [-0.1, -0.05) is 80.3 Å². The van der Waals surface area contributed by atoms with Crippen LogP contribution in [0.1, 0.15) is 88.5 Å². The van der Waals surface area contributed by atoms with Crippen molar-refractivity contribution in [1.29, 1.82) is 0 Å². The first kappa shape index (κ1) is 30.4. The SMILES string of the molecule is CCCc1c[cH-]c(C(C)C)c1.CCCc1c[cH-]c(C(C)C)c1.C[SiH]C.[Cl][Ti][Cl]. The molecule has 2 aromatic rings. The molecule has 0 fully saturated rings. The molecule has 2 rings (SSSR count). The molecule has 0 aliphatic rings. The van der Waals surface area contributed by atoms with Gasteiger partial charge < -0.3 is 0 Å². The van der Waals surface area contributed by atoms with Crippen molar-refractivity contribution in [2.75, 3.05) is 0 Å². The van der Waals surface area contributed by atoms with Crippen molar-refractivity contribution in [1.82, 2.24) is 0 Å². The summed E-state index contributed by atoms with van der Waals surface area (Å²) >= 11 is -0.556. The molecule has 28 heavy (non-hydrogen) atoms. The van der Waals surface area contributed by atoms with Crippen LogP contribution < -0.4 is 0 Å². The molecule has 0 aromatic heterocycles. The minimum absolute atomic E-state index is 0.556. The van der Waals surface area contributed by atoms with Gasteiger partial charge in [-0.15, -0.1) is 0 Å². The van der Waals surface area contributed by atoms with E-state index >= 15 is 0 Å². The molecule has 0 bridgehead atoms. The average molecular weight is 476 g/mol. The molecule has 0 amide bonds. The zero-order chi connectivity index (χ0) is 21.9. The summed E-state index contributed by atoms with van der Waals surface area (Å²) in [4.78, 5) is 0. The van der Waals surface area contributed by atoms with Gasteiger partial charge in [-0.2, -0.15) is 46.5 Å². The van der Waals surface area contributed by atoms with Crippen molar-refractivity contribution in [2.45, 2.75) is 92.2 Å². The van der Waals surface area contributed by atoms with Crippen LogP contribution in [0.4, 0.5) is 0 Å². The molecule has 0 spiro atoms. The van der Waals surface area contributed by atoms with E-state index in [1.165, 1.54) is 47.9 Å². The number of halogens is 2. The van der Waals surface area contributed by atoms with Crippen LogP contribution in [-0.4, -0.2) is 9.52 Å². The summed E-state index contributed by atoms with van der Waals surface area (Å²) in [5, 5.41) is 0. The Balaban J connectivity index is 0. The third-order valence-corrected chi connectivity index (χ3v) is 4.09. The Bertz CT molecular complexity index is 508. The van der Waals surface area contributed by atoms with Gasteiger partial charge in [-0.3, -0.25) is 0 Å². The fourth-order valence-electron chi connectivity index (χ4n) is 2.63. The van der Waals surface area contributed by atoms with Crippen LogP contribution >= 0.6 is 18.6 Å². The van der Waals surface area contributed by atoms with Crippen LogP contribution in [-0.2, 0) is 29.9 Å². The summed E-state index contributed by atoms with van der Waals surface area (Å²) in [5.41, 5.74) is 5.95. The molecule has 0 unspecified atom stereocenters. The molecule has 2 aromatic carbocycles. The van der Waals surface area contributed by atoms with Gasteiger partial charge in [0.15, 0.2) is 0 Å². The minimum atomic E-state index is -0.556. The summed E-state index contributed by atoms with van der Waals surface area (Å²) in [6.07, 6.45) is 4.96. The molecule has 0 nitrogen and oxygen atoms in total. The van der Waals surface area contributed by atoms with E-state index in [2.05, 4.69) is 91.0 Å². The third kappa shape index (κ3) is 16.1. The van der Waals surface area contributed by atoms with Gasteiger partial charge in [0.1, 0.15) is 0 Å². The topological polar surface area (TPSA) is 0 Å². The molecular weight excluding hydrogens is 435 g/mol. The zero-order valence-corrected chi connectivity index (χ0v) is 23.5. The Morgan fingerprint density at radius 3 is 1.29 bits per heavy atom. The Kier molecular flexibility index (Phi) is 22.2. The number of hydrogen-bond donors (Lipinski definition) is 0. The predicted molar refractivity (Wildman–Crippen MR) is 131 cm³/mol. The molecule has 0 aliphatic carbocycles. The molecule has 4 heteroatoms. The van der Waals surface area contributed by atoms with Crippen molar-refractivity contribution in [3.63, 3.8) is 0 Å². The van der Waals surface area contributed by atoms with E-state index in [-0.39, 0.29) is 0 Å². The second kappa shape index (κ2) is 20.5. The molecule has 0 aliphatic heterocycles. The normalized spacial score (nSPS) is 9.71. The van der Waals surface area contributed by atoms with E-state index in [0.717, 1.165) is 9.52 Å². The number of hydrogen-bond acceptors (Lipinski definition) is 0. The second-order valence-electron chi connectivity index (χ2n) is 7.56. The second-order valence-corrected chi connectivity index (χ2v) is 11.3. The van der Waals surface area contributed by atoms with Crippen LogP contribution in [0, 0.1) is 0 Å². The van der Waals surface area contributed by atoms with Crippen molar-refractivity contribution < 1.29 is 17.0 Å². The summed E-state index contributed by atoms with van der Waals surface area (Å²) in [6.45, 7) is 17.8. The Morgan fingerprint density at radius 2 is 1.11 bits per heavy atom. The molecule has 0 saturated heterocycles. The van der Waals surface area contributed by atoms with Gasteiger partial charge >= 0.3 is 35.6 Å². The van der Waals surface area contributed by atoms with E-state index in [1.54, 1.807) is 0 Å². The fraction of sp³-hybridized carbons (Fsp3) is 0.583. The van der Waals surface area contributed by atoms with Gasteiger partial charge in [0, 0.05) is 9.52 Å². The molecule has 0 N–H and O–H groups in total. The average Bonchev–Trinajstić information content (AvgIpc) is 3.27. The Labute approximate surface area is 195 Å². The molecular formula is C24H41Cl2SiTi-2. The summed E-state index contributed by atoms with van der Waals surface area (Å²) in [6, 6.07) is 13.6. The van der Waals surface area contributed by atoms with Gasteiger partial charge in [0.25, 0.3) is 0 Å². The fourth-order valence-corrected chi connectivity index (χ4v) is 2.63. The van der Waals surface area contributed by atoms with Crippen LogP contribution in [0.3, 0.4) is 0 Å². The van der Waals surface area contributed by atoms with Crippen molar-refractivity contribution in [3.8, 4) is 0 Å². The van der Waals surface area contributed by atoms with Gasteiger partial charge in [-0.25, -0.2) is 12.1 Å². The number of rotatable bonds is 6. The standard InChI is InChI=1S/2C11H17.C2H7Si.2ClH.Ti/c2*1-4-5-10-6-7-11(8-10)9(2)3;1-3-2;;;/h2*6-9H,4-5H2,1-3H3;3H,1-2H3;2*1H;/q2*-1;;;;+2/p-2. The van der Waals surface area contributed by atoms with Crippen molar-refractivity contribution in [2.24, 2.45) is 0 Å². The third-order valence-electron chi connectivity index (χ3n) is 4.09. The Hall–Kier alpha value is 0.211. The molecule has 0 saturated carbocycles. The predicted octanol–water partition coefficient (Wildman–Crippen LogP) is 8.86. The first-order valence-corrected chi connectivity index (χ1v) is 17.1. The molecule has 1 radical (unpaired) electrons. The Morgan fingerprint density at radius 1 is 0.821 bits per heavy atom. The molecule has 0 atom stereocenters. The van der Waals surface area contributed by atoms with E-state index in [0.29, 0.717) is 11.8 Å². The summed E-state index contributed by atoms with van der Waals surface area (Å²) in [5.74, 6) is 1.36. The zero-order valence-electron chi connectivity index (χ0n) is 19.3. The van der Waals surface area contributed by atoms with E-state index in [9.17, 15) is 0 Å². The summed E-state index contributed by atoms with van der Waals surface area (Å²) in [7, 11) is 10.5. The maximum atomic E-state index is 4.89. The maximum absolute atomic E-state index is 4.89. The van der Waals surface area contributed by atoms with Gasteiger partial charge in [0.2, 0.25) is 0 Å². The van der Waals surface area contributed by atoms with Crippen molar-refractivity contribution in [3.05, 3.63) is 58.7 Å². The first-order chi connectivity index (χ1) is 13.3. The van der Waals surface area contributed by atoms with Crippen LogP contribution in [0.2, 0.25) is 13.1 Å². The van der Waals surface area contributed by atoms with Gasteiger partial charge in [-0.05, 0) is 11.8 Å². The number of aryl methyl sites for hydroxylation is 2. The monoisotopic (exact) mass is 475 g/mol.